The molecule has 0 radical (unpaired) electrons. The van der Waals surface area contributed by atoms with E-state index in [4.69, 9.17) is 4.74 Å². The Hall–Kier alpha value is -1.06. The predicted octanol–water partition coefficient (Wildman–Crippen LogP) is 0.893. The predicted molar refractivity (Wildman–Crippen MR) is 42.5 cm³/mol. The van der Waals surface area contributed by atoms with Gasteiger partial charge in [0, 0.05) is 6.42 Å². The largest absolute Gasteiger partial charge is 0.468 e. The molecule has 0 aromatic heterocycles. The second-order valence-electron chi connectivity index (χ2n) is 2.25. The second kappa shape index (κ2) is 8.04. The maximum absolute atomic E-state index is 10.6. The maximum atomic E-state index is 10.6. The Morgan fingerprint density at radius 3 is 2.58 bits per heavy atom. The SMILES string of the molecule is CCC(=O)OCCCCOC=O. The van der Waals surface area contributed by atoms with Crippen LogP contribution in [-0.2, 0) is 19.1 Å². The Labute approximate surface area is 71.8 Å². The smallest absolute Gasteiger partial charge is 0.305 e. The Bertz CT molecular complexity index is 133. The lowest BCUT2D eigenvalue weighted by atomic mass is 10.3. The molecule has 0 atom stereocenters. The van der Waals surface area contributed by atoms with Crippen LogP contribution in [0, 0.1) is 0 Å². The molecule has 0 bridgehead atoms. The van der Waals surface area contributed by atoms with Gasteiger partial charge < -0.3 is 9.47 Å². The molecule has 4 heteroatoms. The summed E-state index contributed by atoms with van der Waals surface area (Å²) in [6, 6.07) is 0. The van der Waals surface area contributed by atoms with Crippen molar-refractivity contribution < 1.29 is 19.1 Å². The highest BCUT2D eigenvalue weighted by Gasteiger charge is 1.96. The molecule has 0 rings (SSSR count). The van der Waals surface area contributed by atoms with Crippen molar-refractivity contribution in [3.63, 3.8) is 0 Å². The van der Waals surface area contributed by atoms with Crippen LogP contribution in [0.3, 0.4) is 0 Å². The highest BCUT2D eigenvalue weighted by atomic mass is 16.5. The molecule has 70 valence electrons. The average Bonchev–Trinajstić information content (AvgIpc) is 2.10. The summed E-state index contributed by atoms with van der Waals surface area (Å²) in [5.74, 6) is -0.189. The van der Waals surface area contributed by atoms with Gasteiger partial charge in [0.15, 0.2) is 0 Å². The first-order valence-electron chi connectivity index (χ1n) is 4.02. The fourth-order valence-corrected chi connectivity index (χ4v) is 0.624. The van der Waals surface area contributed by atoms with Gasteiger partial charge >= 0.3 is 5.97 Å². The van der Waals surface area contributed by atoms with Gasteiger partial charge in [-0.1, -0.05) is 6.92 Å². The first-order valence-corrected chi connectivity index (χ1v) is 4.02. The molecule has 0 aliphatic rings. The summed E-state index contributed by atoms with van der Waals surface area (Å²) < 4.78 is 9.23. The molecule has 0 aromatic rings. The maximum Gasteiger partial charge on any atom is 0.305 e. The molecule has 0 N–H and O–H groups in total. The van der Waals surface area contributed by atoms with Crippen molar-refractivity contribution >= 4 is 12.4 Å². The minimum Gasteiger partial charge on any atom is -0.468 e. The average molecular weight is 174 g/mol. The van der Waals surface area contributed by atoms with Gasteiger partial charge in [-0.25, -0.2) is 0 Å². The van der Waals surface area contributed by atoms with E-state index in [1.54, 1.807) is 6.92 Å². The summed E-state index contributed by atoms with van der Waals surface area (Å²) in [6.45, 7) is 2.97. The Morgan fingerprint density at radius 2 is 2.00 bits per heavy atom. The summed E-state index contributed by atoms with van der Waals surface area (Å²) >= 11 is 0. The molecule has 0 unspecified atom stereocenters. The molecule has 0 saturated carbocycles. The number of unbranched alkanes of at least 4 members (excludes halogenated alkanes) is 1. The zero-order valence-corrected chi connectivity index (χ0v) is 7.25. The van der Waals surface area contributed by atoms with Crippen LogP contribution in [0.5, 0.6) is 0 Å². The number of carbonyl (C=O) groups is 2. The van der Waals surface area contributed by atoms with Crippen LogP contribution in [0.15, 0.2) is 0 Å². The molecular weight excluding hydrogens is 160 g/mol. The summed E-state index contributed by atoms with van der Waals surface area (Å²) in [5, 5.41) is 0. The fraction of sp³-hybridized carbons (Fsp3) is 0.750. The lowest BCUT2D eigenvalue weighted by Gasteiger charge is -2.01. The van der Waals surface area contributed by atoms with Crippen LogP contribution < -0.4 is 0 Å². The normalized spacial score (nSPS) is 9.08. The molecule has 0 saturated heterocycles. The Morgan fingerprint density at radius 1 is 1.33 bits per heavy atom. The molecule has 0 amide bonds. The van der Waals surface area contributed by atoms with Crippen molar-refractivity contribution in [1.82, 2.24) is 0 Å². The van der Waals surface area contributed by atoms with E-state index in [9.17, 15) is 9.59 Å². The standard InChI is InChI=1S/C8H14O4/c1-2-8(10)12-6-4-3-5-11-7-9/h7H,2-6H2,1H3. The monoisotopic (exact) mass is 174 g/mol. The van der Waals surface area contributed by atoms with E-state index in [0.717, 1.165) is 12.8 Å². The van der Waals surface area contributed by atoms with Crippen LogP contribution >= 0.6 is 0 Å². The third-order valence-corrected chi connectivity index (χ3v) is 1.28. The quantitative estimate of drug-likeness (QED) is 0.327. The van der Waals surface area contributed by atoms with Crippen molar-refractivity contribution in [3.05, 3.63) is 0 Å². The molecule has 0 spiro atoms. The highest BCUT2D eigenvalue weighted by Crippen LogP contribution is 1.92. The Balaban J connectivity index is 3.00. The molecular formula is C8H14O4. The molecule has 0 heterocycles. The number of hydrogen-bond donors (Lipinski definition) is 0. The van der Waals surface area contributed by atoms with Crippen LogP contribution in [0.1, 0.15) is 26.2 Å². The third kappa shape index (κ3) is 7.05. The molecule has 0 aromatic carbocycles. The second-order valence-corrected chi connectivity index (χ2v) is 2.25. The molecule has 12 heavy (non-hydrogen) atoms. The minimum atomic E-state index is -0.189. The molecule has 0 fully saturated rings. The first kappa shape index (κ1) is 10.9. The highest BCUT2D eigenvalue weighted by molar-refractivity contribution is 5.68. The van der Waals surface area contributed by atoms with E-state index < -0.39 is 0 Å². The molecule has 0 aliphatic heterocycles. The lowest BCUT2D eigenvalue weighted by Crippen LogP contribution is -2.04. The lowest BCUT2D eigenvalue weighted by molar-refractivity contribution is -0.143. The Kier molecular flexibility index (Phi) is 7.33. The van der Waals surface area contributed by atoms with Crippen molar-refractivity contribution in [2.24, 2.45) is 0 Å². The minimum absolute atomic E-state index is 0.189. The van der Waals surface area contributed by atoms with Crippen LogP contribution in [0.25, 0.3) is 0 Å². The zero-order chi connectivity index (χ0) is 9.23. The number of esters is 1. The first-order chi connectivity index (χ1) is 5.81. The van der Waals surface area contributed by atoms with Crippen molar-refractivity contribution in [1.29, 1.82) is 0 Å². The molecule has 4 nitrogen and oxygen atoms in total. The van der Waals surface area contributed by atoms with E-state index in [-0.39, 0.29) is 5.97 Å². The van der Waals surface area contributed by atoms with Gasteiger partial charge in [0.2, 0.25) is 0 Å². The van der Waals surface area contributed by atoms with Crippen LogP contribution in [-0.4, -0.2) is 25.7 Å². The summed E-state index contributed by atoms with van der Waals surface area (Å²) in [4.78, 5) is 20.3. The van der Waals surface area contributed by atoms with E-state index in [1.165, 1.54) is 0 Å². The van der Waals surface area contributed by atoms with E-state index in [1.807, 2.05) is 0 Å². The summed E-state index contributed by atoms with van der Waals surface area (Å²) in [6.07, 6.45) is 1.88. The van der Waals surface area contributed by atoms with Gasteiger partial charge in [-0.15, -0.1) is 0 Å². The van der Waals surface area contributed by atoms with Gasteiger partial charge in [0.25, 0.3) is 6.47 Å². The number of rotatable bonds is 7. The zero-order valence-electron chi connectivity index (χ0n) is 7.25. The summed E-state index contributed by atoms with van der Waals surface area (Å²) in [5.41, 5.74) is 0. The number of hydrogen-bond acceptors (Lipinski definition) is 4. The number of carbonyl (C=O) groups excluding carboxylic acids is 2. The van der Waals surface area contributed by atoms with E-state index in [2.05, 4.69) is 4.74 Å². The van der Waals surface area contributed by atoms with Crippen LogP contribution in [0.2, 0.25) is 0 Å². The van der Waals surface area contributed by atoms with Crippen molar-refractivity contribution in [2.75, 3.05) is 13.2 Å². The van der Waals surface area contributed by atoms with E-state index >= 15 is 0 Å². The van der Waals surface area contributed by atoms with Crippen molar-refractivity contribution in [2.45, 2.75) is 26.2 Å². The van der Waals surface area contributed by atoms with Crippen molar-refractivity contribution in [3.8, 4) is 0 Å². The van der Waals surface area contributed by atoms with Gasteiger partial charge in [0.05, 0.1) is 13.2 Å². The summed E-state index contributed by atoms with van der Waals surface area (Å²) in [7, 11) is 0. The van der Waals surface area contributed by atoms with Gasteiger partial charge in [0.1, 0.15) is 0 Å². The molecule has 0 aliphatic carbocycles. The van der Waals surface area contributed by atoms with Gasteiger partial charge in [-0.2, -0.15) is 0 Å². The van der Waals surface area contributed by atoms with E-state index in [0.29, 0.717) is 26.1 Å². The third-order valence-electron chi connectivity index (χ3n) is 1.28. The fourth-order valence-electron chi connectivity index (χ4n) is 0.624. The van der Waals surface area contributed by atoms with Crippen LogP contribution in [0.4, 0.5) is 0 Å². The van der Waals surface area contributed by atoms with Gasteiger partial charge in [-0.05, 0) is 12.8 Å². The number of ether oxygens (including phenoxy) is 2. The topological polar surface area (TPSA) is 52.6 Å². The van der Waals surface area contributed by atoms with Gasteiger partial charge in [-0.3, -0.25) is 9.59 Å².